The molecule has 1 amide bonds. The van der Waals surface area contributed by atoms with E-state index in [0.717, 1.165) is 37.2 Å². The average Bonchev–Trinajstić information content (AvgIpc) is 2.36. The second-order valence-electron chi connectivity index (χ2n) is 6.28. The third kappa shape index (κ3) is 4.41. The van der Waals surface area contributed by atoms with E-state index in [1.54, 1.807) is 0 Å². The van der Waals surface area contributed by atoms with E-state index in [9.17, 15) is 4.79 Å². The van der Waals surface area contributed by atoms with E-state index >= 15 is 0 Å². The molecule has 3 nitrogen and oxygen atoms in total. The minimum atomic E-state index is 0. The Bertz CT molecular complexity index is 460. The van der Waals surface area contributed by atoms with Gasteiger partial charge in [-0.15, -0.1) is 12.4 Å². The van der Waals surface area contributed by atoms with Gasteiger partial charge < -0.3 is 10.6 Å². The lowest BCUT2D eigenvalue weighted by molar-refractivity contribution is -0.134. The summed E-state index contributed by atoms with van der Waals surface area (Å²) in [5.74, 6) is 0.260. The summed E-state index contributed by atoms with van der Waals surface area (Å²) >= 11 is 0. The minimum absolute atomic E-state index is 0. The molecule has 0 aliphatic carbocycles. The Morgan fingerprint density at radius 1 is 1.35 bits per heavy atom. The van der Waals surface area contributed by atoms with Crippen LogP contribution in [0.5, 0.6) is 0 Å². The number of carbonyl (C=O) groups is 1. The van der Waals surface area contributed by atoms with E-state index in [0.29, 0.717) is 6.42 Å². The first-order chi connectivity index (χ1) is 8.98. The first kappa shape index (κ1) is 16.8. The van der Waals surface area contributed by atoms with Gasteiger partial charge in [0.15, 0.2) is 0 Å². The Morgan fingerprint density at radius 2 is 2.05 bits per heavy atom. The molecule has 1 saturated heterocycles. The zero-order chi connectivity index (χ0) is 13.9. The van der Waals surface area contributed by atoms with Crippen molar-refractivity contribution < 1.29 is 4.79 Å². The van der Waals surface area contributed by atoms with E-state index in [1.165, 1.54) is 6.42 Å². The predicted molar refractivity (Wildman–Crippen MR) is 86.0 cm³/mol. The van der Waals surface area contributed by atoms with Crippen molar-refractivity contribution in [1.29, 1.82) is 0 Å². The van der Waals surface area contributed by atoms with Crippen LogP contribution in [0.2, 0.25) is 0 Å². The van der Waals surface area contributed by atoms with Gasteiger partial charge in [0, 0.05) is 25.2 Å². The number of carbonyl (C=O) groups excluding carboxylic acids is 1. The van der Waals surface area contributed by atoms with Gasteiger partial charge in [-0.25, -0.2) is 0 Å². The first-order valence-corrected chi connectivity index (χ1v) is 7.09. The quantitative estimate of drug-likeness (QED) is 0.870. The molecule has 112 valence electrons. The first-order valence-electron chi connectivity index (χ1n) is 7.09. The molecule has 2 rings (SSSR count). The molecule has 0 radical (unpaired) electrons. The Labute approximate surface area is 127 Å². The fourth-order valence-corrected chi connectivity index (χ4v) is 2.80. The van der Waals surface area contributed by atoms with E-state index in [1.807, 2.05) is 29.2 Å². The van der Waals surface area contributed by atoms with Crippen LogP contribution in [0.1, 0.15) is 38.7 Å². The highest BCUT2D eigenvalue weighted by Crippen LogP contribution is 2.28. The second kappa shape index (κ2) is 6.98. The maximum atomic E-state index is 12.3. The lowest BCUT2D eigenvalue weighted by atomic mass is 9.84. The standard InChI is InChI=1S/C16H24N2O.ClH/c1-16(2)10-5-11-18(12-16)15(19)9-8-13-6-3-4-7-14(13)17;/h3-4,6-7H,5,8-12,17H2,1-2H3;1H. The topological polar surface area (TPSA) is 46.3 Å². The summed E-state index contributed by atoms with van der Waals surface area (Å²) in [5.41, 5.74) is 8.03. The molecule has 0 spiro atoms. The van der Waals surface area contributed by atoms with Gasteiger partial charge in [0.2, 0.25) is 5.91 Å². The number of benzene rings is 1. The number of nitrogen functional groups attached to an aromatic ring is 1. The average molecular weight is 297 g/mol. The van der Waals surface area contributed by atoms with Crippen LogP contribution in [0.3, 0.4) is 0 Å². The Morgan fingerprint density at radius 3 is 2.70 bits per heavy atom. The third-order valence-electron chi connectivity index (χ3n) is 3.92. The van der Waals surface area contributed by atoms with Gasteiger partial charge in [-0.05, 0) is 36.3 Å². The Balaban J connectivity index is 0.00000200. The van der Waals surface area contributed by atoms with Crippen LogP contribution in [0.25, 0.3) is 0 Å². The highest BCUT2D eigenvalue weighted by Gasteiger charge is 2.28. The zero-order valence-corrected chi connectivity index (χ0v) is 13.2. The molecule has 0 bridgehead atoms. The van der Waals surface area contributed by atoms with E-state index in [2.05, 4.69) is 13.8 Å². The number of anilines is 1. The molecule has 1 heterocycles. The lowest BCUT2D eigenvalue weighted by Crippen LogP contribution is -2.43. The van der Waals surface area contributed by atoms with Gasteiger partial charge in [-0.3, -0.25) is 4.79 Å². The lowest BCUT2D eigenvalue weighted by Gasteiger charge is -2.38. The zero-order valence-electron chi connectivity index (χ0n) is 12.4. The molecule has 0 saturated carbocycles. The van der Waals surface area contributed by atoms with Crippen molar-refractivity contribution >= 4 is 24.0 Å². The summed E-state index contributed by atoms with van der Waals surface area (Å²) in [6.45, 7) is 6.27. The number of nitrogens with zero attached hydrogens (tertiary/aromatic N) is 1. The van der Waals surface area contributed by atoms with Crippen molar-refractivity contribution in [2.75, 3.05) is 18.8 Å². The fraction of sp³-hybridized carbons (Fsp3) is 0.562. The van der Waals surface area contributed by atoms with Crippen LogP contribution in [-0.2, 0) is 11.2 Å². The number of piperidine rings is 1. The number of halogens is 1. The van der Waals surface area contributed by atoms with E-state index < -0.39 is 0 Å². The van der Waals surface area contributed by atoms with Crippen LogP contribution in [0.4, 0.5) is 5.69 Å². The number of likely N-dealkylation sites (tertiary alicyclic amines) is 1. The largest absolute Gasteiger partial charge is 0.399 e. The Kier molecular flexibility index (Phi) is 5.88. The molecule has 20 heavy (non-hydrogen) atoms. The van der Waals surface area contributed by atoms with Crippen LogP contribution in [0, 0.1) is 5.41 Å². The van der Waals surface area contributed by atoms with Crippen molar-refractivity contribution in [3.05, 3.63) is 29.8 Å². The molecular formula is C16H25ClN2O. The van der Waals surface area contributed by atoms with Gasteiger partial charge in [0.05, 0.1) is 0 Å². The molecule has 4 heteroatoms. The van der Waals surface area contributed by atoms with Gasteiger partial charge in [0.25, 0.3) is 0 Å². The smallest absolute Gasteiger partial charge is 0.222 e. The summed E-state index contributed by atoms with van der Waals surface area (Å²) in [6.07, 6.45) is 3.63. The molecule has 1 aliphatic rings. The van der Waals surface area contributed by atoms with Gasteiger partial charge in [0.1, 0.15) is 0 Å². The fourth-order valence-electron chi connectivity index (χ4n) is 2.80. The van der Waals surface area contributed by atoms with E-state index in [4.69, 9.17) is 5.73 Å². The second-order valence-corrected chi connectivity index (χ2v) is 6.28. The van der Waals surface area contributed by atoms with Crippen LogP contribution in [0.15, 0.2) is 24.3 Å². The van der Waals surface area contributed by atoms with Crippen LogP contribution >= 0.6 is 12.4 Å². The molecule has 2 N–H and O–H groups in total. The summed E-state index contributed by atoms with van der Waals surface area (Å²) < 4.78 is 0. The summed E-state index contributed by atoms with van der Waals surface area (Å²) in [4.78, 5) is 14.3. The summed E-state index contributed by atoms with van der Waals surface area (Å²) in [7, 11) is 0. The predicted octanol–water partition coefficient (Wildman–Crippen LogP) is 3.27. The third-order valence-corrected chi connectivity index (χ3v) is 3.92. The molecule has 0 aromatic heterocycles. The Hall–Kier alpha value is -1.22. The number of amides is 1. The normalized spacial score (nSPS) is 17.4. The summed E-state index contributed by atoms with van der Waals surface area (Å²) in [6, 6.07) is 7.79. The van der Waals surface area contributed by atoms with Crippen molar-refractivity contribution in [2.24, 2.45) is 5.41 Å². The number of nitrogens with two attached hydrogens (primary N) is 1. The molecule has 0 atom stereocenters. The summed E-state index contributed by atoms with van der Waals surface area (Å²) in [5, 5.41) is 0. The van der Waals surface area contributed by atoms with Crippen molar-refractivity contribution in [3.63, 3.8) is 0 Å². The van der Waals surface area contributed by atoms with Crippen LogP contribution in [-0.4, -0.2) is 23.9 Å². The number of hydrogen-bond acceptors (Lipinski definition) is 2. The number of aryl methyl sites for hydroxylation is 1. The van der Waals surface area contributed by atoms with Crippen molar-refractivity contribution in [3.8, 4) is 0 Å². The van der Waals surface area contributed by atoms with Crippen LogP contribution < -0.4 is 5.73 Å². The number of para-hydroxylation sites is 1. The van der Waals surface area contributed by atoms with Gasteiger partial charge in [-0.2, -0.15) is 0 Å². The van der Waals surface area contributed by atoms with E-state index in [-0.39, 0.29) is 23.7 Å². The monoisotopic (exact) mass is 296 g/mol. The number of hydrogen-bond donors (Lipinski definition) is 1. The van der Waals surface area contributed by atoms with Gasteiger partial charge in [-0.1, -0.05) is 32.0 Å². The molecule has 1 fully saturated rings. The maximum Gasteiger partial charge on any atom is 0.222 e. The maximum absolute atomic E-state index is 12.3. The van der Waals surface area contributed by atoms with Crippen molar-refractivity contribution in [2.45, 2.75) is 39.5 Å². The molecule has 1 aliphatic heterocycles. The number of rotatable bonds is 3. The molecule has 1 aromatic carbocycles. The minimum Gasteiger partial charge on any atom is -0.399 e. The molecule has 0 unspecified atom stereocenters. The van der Waals surface area contributed by atoms with Gasteiger partial charge >= 0.3 is 0 Å². The highest BCUT2D eigenvalue weighted by molar-refractivity contribution is 5.85. The SMILES string of the molecule is CC1(C)CCCN(C(=O)CCc2ccccc2N)C1.Cl. The van der Waals surface area contributed by atoms with Crippen molar-refractivity contribution in [1.82, 2.24) is 4.90 Å². The highest BCUT2D eigenvalue weighted by atomic mass is 35.5. The molecular weight excluding hydrogens is 272 g/mol. The molecule has 1 aromatic rings.